The number of furan rings is 1. The SMILES string of the molecule is NC[C@@H]1CN(C(=O)CCc2ccc(-c3ccccc3)o2)C[C@H]1c1ccccc1. The van der Waals surface area contributed by atoms with Gasteiger partial charge in [0.05, 0.1) is 0 Å². The Morgan fingerprint density at radius 2 is 1.68 bits per heavy atom. The zero-order valence-electron chi connectivity index (χ0n) is 16.0. The van der Waals surface area contributed by atoms with E-state index in [0.717, 1.165) is 30.2 Å². The van der Waals surface area contributed by atoms with Gasteiger partial charge in [0, 0.05) is 37.4 Å². The first-order valence-corrected chi connectivity index (χ1v) is 9.91. The molecule has 1 aliphatic heterocycles. The van der Waals surface area contributed by atoms with E-state index in [-0.39, 0.29) is 5.91 Å². The molecular weight excluding hydrogens is 348 g/mol. The van der Waals surface area contributed by atoms with Gasteiger partial charge in [-0.2, -0.15) is 0 Å². The number of nitrogens with zero attached hydrogens (tertiary/aromatic N) is 1. The van der Waals surface area contributed by atoms with Crippen molar-refractivity contribution in [2.45, 2.75) is 18.8 Å². The minimum atomic E-state index is 0.176. The largest absolute Gasteiger partial charge is 0.461 e. The molecule has 3 aromatic rings. The number of carbonyl (C=O) groups excluding carboxylic acids is 1. The lowest BCUT2D eigenvalue weighted by Crippen LogP contribution is -2.29. The van der Waals surface area contributed by atoms with Crippen LogP contribution in [0.15, 0.2) is 77.2 Å². The van der Waals surface area contributed by atoms with E-state index in [0.29, 0.717) is 31.2 Å². The van der Waals surface area contributed by atoms with Gasteiger partial charge in [-0.05, 0) is 30.2 Å². The molecule has 0 unspecified atom stereocenters. The van der Waals surface area contributed by atoms with Gasteiger partial charge in [0.25, 0.3) is 0 Å². The quantitative estimate of drug-likeness (QED) is 0.707. The van der Waals surface area contributed by atoms with Crippen molar-refractivity contribution < 1.29 is 9.21 Å². The van der Waals surface area contributed by atoms with E-state index in [1.165, 1.54) is 5.56 Å². The molecule has 0 saturated carbocycles. The van der Waals surface area contributed by atoms with E-state index in [2.05, 4.69) is 24.3 Å². The number of nitrogens with two attached hydrogens (primary N) is 1. The molecule has 1 fully saturated rings. The van der Waals surface area contributed by atoms with Gasteiger partial charge in [0.15, 0.2) is 0 Å². The molecule has 1 saturated heterocycles. The van der Waals surface area contributed by atoms with Crippen molar-refractivity contribution in [3.05, 3.63) is 84.1 Å². The molecule has 0 radical (unpaired) electrons. The summed E-state index contributed by atoms with van der Waals surface area (Å²) in [6.45, 7) is 2.09. The fraction of sp³-hybridized carbons (Fsp3) is 0.292. The highest BCUT2D eigenvalue weighted by Gasteiger charge is 2.34. The third-order valence-electron chi connectivity index (χ3n) is 5.63. The summed E-state index contributed by atoms with van der Waals surface area (Å²) in [6.07, 6.45) is 1.08. The minimum Gasteiger partial charge on any atom is -0.461 e. The van der Waals surface area contributed by atoms with Crippen LogP contribution in [-0.2, 0) is 11.2 Å². The van der Waals surface area contributed by atoms with Crippen LogP contribution in [0.5, 0.6) is 0 Å². The van der Waals surface area contributed by atoms with Crippen LogP contribution in [0, 0.1) is 5.92 Å². The molecule has 4 heteroatoms. The number of hydrogen-bond acceptors (Lipinski definition) is 3. The first kappa shape index (κ1) is 18.5. The van der Waals surface area contributed by atoms with E-state index in [1.54, 1.807) is 0 Å². The molecule has 0 bridgehead atoms. The molecule has 0 aliphatic carbocycles. The zero-order chi connectivity index (χ0) is 19.3. The second-order valence-electron chi connectivity index (χ2n) is 7.44. The average Bonchev–Trinajstić information content (AvgIpc) is 3.40. The summed E-state index contributed by atoms with van der Waals surface area (Å²) >= 11 is 0. The average molecular weight is 374 g/mol. The van der Waals surface area contributed by atoms with Crippen molar-refractivity contribution in [3.8, 4) is 11.3 Å². The fourth-order valence-corrected chi connectivity index (χ4v) is 4.05. The first-order valence-electron chi connectivity index (χ1n) is 9.91. The second kappa shape index (κ2) is 8.44. The predicted molar refractivity (Wildman–Crippen MR) is 111 cm³/mol. The Kier molecular flexibility index (Phi) is 5.58. The van der Waals surface area contributed by atoms with E-state index in [4.69, 9.17) is 10.2 Å². The molecule has 144 valence electrons. The Balaban J connectivity index is 1.36. The molecule has 2 heterocycles. The summed E-state index contributed by atoms with van der Waals surface area (Å²) in [6, 6.07) is 24.3. The summed E-state index contributed by atoms with van der Waals surface area (Å²) in [5.74, 6) is 2.51. The number of carbonyl (C=O) groups is 1. The molecule has 1 aliphatic rings. The van der Waals surface area contributed by atoms with Gasteiger partial charge in [-0.1, -0.05) is 60.7 Å². The van der Waals surface area contributed by atoms with E-state index in [1.807, 2.05) is 53.4 Å². The van der Waals surface area contributed by atoms with Gasteiger partial charge < -0.3 is 15.1 Å². The van der Waals surface area contributed by atoms with Crippen LogP contribution in [0.2, 0.25) is 0 Å². The lowest BCUT2D eigenvalue weighted by Gasteiger charge is -2.16. The van der Waals surface area contributed by atoms with Gasteiger partial charge in [-0.15, -0.1) is 0 Å². The van der Waals surface area contributed by atoms with Crippen LogP contribution >= 0.6 is 0 Å². The number of benzene rings is 2. The monoisotopic (exact) mass is 374 g/mol. The zero-order valence-corrected chi connectivity index (χ0v) is 16.0. The number of aryl methyl sites for hydroxylation is 1. The minimum absolute atomic E-state index is 0.176. The van der Waals surface area contributed by atoms with Crippen LogP contribution in [0.3, 0.4) is 0 Å². The smallest absolute Gasteiger partial charge is 0.223 e. The van der Waals surface area contributed by atoms with Crippen molar-refractivity contribution in [2.75, 3.05) is 19.6 Å². The Morgan fingerprint density at radius 1 is 0.964 bits per heavy atom. The first-order chi connectivity index (χ1) is 13.7. The molecule has 28 heavy (non-hydrogen) atoms. The Morgan fingerprint density at radius 3 is 2.39 bits per heavy atom. The van der Waals surface area contributed by atoms with Crippen LogP contribution < -0.4 is 5.73 Å². The third-order valence-corrected chi connectivity index (χ3v) is 5.63. The van der Waals surface area contributed by atoms with E-state index in [9.17, 15) is 4.79 Å². The molecule has 2 atom stereocenters. The summed E-state index contributed by atoms with van der Waals surface area (Å²) in [5.41, 5.74) is 8.32. The fourth-order valence-electron chi connectivity index (χ4n) is 4.05. The highest BCUT2D eigenvalue weighted by Crippen LogP contribution is 2.32. The summed E-state index contributed by atoms with van der Waals surface area (Å²) < 4.78 is 5.92. The topological polar surface area (TPSA) is 59.5 Å². The van der Waals surface area contributed by atoms with E-state index >= 15 is 0 Å². The van der Waals surface area contributed by atoms with Crippen molar-refractivity contribution in [1.29, 1.82) is 0 Å². The number of hydrogen-bond donors (Lipinski definition) is 1. The van der Waals surface area contributed by atoms with Gasteiger partial charge in [0.2, 0.25) is 5.91 Å². The molecule has 1 aromatic heterocycles. The van der Waals surface area contributed by atoms with Crippen LogP contribution in [-0.4, -0.2) is 30.4 Å². The summed E-state index contributed by atoms with van der Waals surface area (Å²) in [7, 11) is 0. The highest BCUT2D eigenvalue weighted by molar-refractivity contribution is 5.77. The van der Waals surface area contributed by atoms with Crippen LogP contribution in [0.1, 0.15) is 23.7 Å². The molecule has 2 N–H and O–H groups in total. The molecule has 1 amide bonds. The van der Waals surface area contributed by atoms with Crippen molar-refractivity contribution in [3.63, 3.8) is 0 Å². The standard InChI is InChI=1S/C24H26N2O2/c25-15-20-16-26(17-22(20)18-7-3-1-4-8-18)24(27)14-12-21-11-13-23(28-21)19-9-5-2-6-10-19/h1-11,13,20,22H,12,14-17,25H2/t20-,22+/m1/s1. The Labute approximate surface area is 166 Å². The van der Waals surface area contributed by atoms with Gasteiger partial charge in [0.1, 0.15) is 11.5 Å². The van der Waals surface area contributed by atoms with Crippen molar-refractivity contribution in [2.24, 2.45) is 11.7 Å². The molecule has 4 nitrogen and oxygen atoms in total. The molecule has 4 rings (SSSR count). The maximum Gasteiger partial charge on any atom is 0.223 e. The van der Waals surface area contributed by atoms with Crippen LogP contribution in [0.4, 0.5) is 0 Å². The van der Waals surface area contributed by atoms with Gasteiger partial charge >= 0.3 is 0 Å². The third kappa shape index (κ3) is 4.02. The highest BCUT2D eigenvalue weighted by atomic mass is 16.3. The lowest BCUT2D eigenvalue weighted by molar-refractivity contribution is -0.130. The number of rotatable bonds is 6. The van der Waals surface area contributed by atoms with Crippen LogP contribution in [0.25, 0.3) is 11.3 Å². The van der Waals surface area contributed by atoms with Crippen molar-refractivity contribution >= 4 is 5.91 Å². The molecule has 0 spiro atoms. The maximum atomic E-state index is 12.8. The second-order valence-corrected chi connectivity index (χ2v) is 7.44. The van der Waals surface area contributed by atoms with Gasteiger partial charge in [-0.25, -0.2) is 0 Å². The normalized spacial score (nSPS) is 19.1. The van der Waals surface area contributed by atoms with Crippen molar-refractivity contribution in [1.82, 2.24) is 4.90 Å². The summed E-state index contributed by atoms with van der Waals surface area (Å²) in [4.78, 5) is 14.7. The van der Waals surface area contributed by atoms with E-state index < -0.39 is 0 Å². The summed E-state index contributed by atoms with van der Waals surface area (Å²) in [5, 5.41) is 0. The Hall–Kier alpha value is -2.85. The Bertz CT molecular complexity index is 905. The number of amides is 1. The van der Waals surface area contributed by atoms with Gasteiger partial charge in [-0.3, -0.25) is 4.79 Å². The lowest BCUT2D eigenvalue weighted by atomic mass is 9.89. The molecular formula is C24H26N2O2. The predicted octanol–water partition coefficient (Wildman–Crippen LogP) is 4.08. The maximum absolute atomic E-state index is 12.8. The number of likely N-dealkylation sites (tertiary alicyclic amines) is 1. The molecule has 2 aromatic carbocycles.